The maximum atomic E-state index is 12.2. The molecule has 3 unspecified atom stereocenters. The molecule has 0 aliphatic carbocycles. The highest BCUT2D eigenvalue weighted by Gasteiger charge is 2.27. The van der Waals surface area contributed by atoms with Crippen LogP contribution < -0.4 is 10.2 Å². The third kappa shape index (κ3) is 4.48. The second kappa shape index (κ2) is 7.99. The lowest BCUT2D eigenvalue weighted by Crippen LogP contribution is -2.39. The number of carbonyl (C=O) groups is 1. The number of nitrogens with one attached hydrogen (secondary N) is 1. The number of hydrogen-bond donors (Lipinski definition) is 2. The molecule has 2 N–H and O–H groups in total. The highest BCUT2D eigenvalue weighted by Crippen LogP contribution is 2.23. The molecule has 3 rings (SSSR count). The van der Waals surface area contributed by atoms with Crippen LogP contribution in [0.4, 0.5) is 5.69 Å². The first-order valence-corrected chi connectivity index (χ1v) is 9.09. The number of likely N-dealkylation sites (tertiary alicyclic amines) is 1. The summed E-state index contributed by atoms with van der Waals surface area (Å²) in [4.78, 5) is 16.7. The minimum Gasteiger partial charge on any atom is -0.393 e. The van der Waals surface area contributed by atoms with Crippen LogP contribution in [-0.4, -0.2) is 61.3 Å². The Morgan fingerprint density at radius 1 is 1.25 bits per heavy atom. The van der Waals surface area contributed by atoms with E-state index in [-0.39, 0.29) is 12.0 Å². The molecule has 1 aromatic carbocycles. The van der Waals surface area contributed by atoms with E-state index in [0.717, 1.165) is 45.6 Å². The largest absolute Gasteiger partial charge is 0.393 e. The Bertz CT molecular complexity index is 535. The average molecular weight is 331 g/mol. The van der Waals surface area contributed by atoms with Crippen molar-refractivity contribution in [3.8, 4) is 0 Å². The van der Waals surface area contributed by atoms with E-state index >= 15 is 0 Å². The minimum atomic E-state index is -0.277. The summed E-state index contributed by atoms with van der Waals surface area (Å²) in [5.41, 5.74) is 1.27. The molecule has 5 heteroatoms. The van der Waals surface area contributed by atoms with Crippen molar-refractivity contribution in [1.29, 1.82) is 0 Å². The van der Waals surface area contributed by atoms with Crippen LogP contribution in [0.25, 0.3) is 0 Å². The van der Waals surface area contributed by atoms with Gasteiger partial charge in [0.05, 0.1) is 12.6 Å². The Balaban J connectivity index is 1.37. The van der Waals surface area contributed by atoms with Crippen molar-refractivity contribution in [3.63, 3.8) is 0 Å². The van der Waals surface area contributed by atoms with Gasteiger partial charge in [-0.05, 0) is 50.3 Å². The molecule has 5 nitrogen and oxygen atoms in total. The number of hydrogen-bond acceptors (Lipinski definition) is 4. The molecule has 2 fully saturated rings. The minimum absolute atomic E-state index is 0.111. The lowest BCUT2D eigenvalue weighted by atomic mass is 10.0. The van der Waals surface area contributed by atoms with Crippen LogP contribution in [0.5, 0.6) is 0 Å². The Labute approximate surface area is 144 Å². The predicted octanol–water partition coefficient (Wildman–Crippen LogP) is 1.33. The van der Waals surface area contributed by atoms with Crippen LogP contribution >= 0.6 is 0 Å². The first-order valence-electron chi connectivity index (χ1n) is 9.09. The molecule has 0 spiro atoms. The zero-order chi connectivity index (χ0) is 16.9. The summed E-state index contributed by atoms with van der Waals surface area (Å²) in [7, 11) is 0. The van der Waals surface area contributed by atoms with Gasteiger partial charge in [0.2, 0.25) is 5.91 Å². The topological polar surface area (TPSA) is 55.8 Å². The summed E-state index contributed by atoms with van der Waals surface area (Å²) in [6.07, 6.45) is 1.84. The summed E-state index contributed by atoms with van der Waals surface area (Å²) in [5.74, 6) is 0.949. The van der Waals surface area contributed by atoms with Crippen LogP contribution in [0.1, 0.15) is 19.8 Å². The van der Waals surface area contributed by atoms with Gasteiger partial charge in [-0.2, -0.15) is 0 Å². The zero-order valence-corrected chi connectivity index (χ0v) is 14.5. The van der Waals surface area contributed by atoms with E-state index < -0.39 is 0 Å². The van der Waals surface area contributed by atoms with Crippen molar-refractivity contribution in [1.82, 2.24) is 10.2 Å². The first-order chi connectivity index (χ1) is 11.6. The molecule has 0 saturated carbocycles. The fraction of sp³-hybridized carbons (Fsp3) is 0.632. The second-order valence-electron chi connectivity index (χ2n) is 7.26. The maximum Gasteiger partial charge on any atom is 0.234 e. The molecular weight excluding hydrogens is 302 g/mol. The van der Waals surface area contributed by atoms with Gasteiger partial charge in [0.1, 0.15) is 0 Å². The summed E-state index contributed by atoms with van der Waals surface area (Å²) in [6, 6.07) is 10.5. The summed E-state index contributed by atoms with van der Waals surface area (Å²) in [5, 5.41) is 12.7. The number of nitrogens with zero attached hydrogens (tertiary/aromatic N) is 2. The predicted molar refractivity (Wildman–Crippen MR) is 96.0 cm³/mol. The molecule has 2 aliphatic heterocycles. The average Bonchev–Trinajstić information content (AvgIpc) is 3.23. The molecule has 0 bridgehead atoms. The van der Waals surface area contributed by atoms with E-state index in [1.165, 1.54) is 5.69 Å². The Morgan fingerprint density at radius 2 is 2.04 bits per heavy atom. The van der Waals surface area contributed by atoms with Gasteiger partial charge in [0.25, 0.3) is 0 Å². The van der Waals surface area contributed by atoms with Crippen molar-refractivity contribution < 1.29 is 9.90 Å². The van der Waals surface area contributed by atoms with Gasteiger partial charge in [0.15, 0.2) is 0 Å². The number of rotatable bonds is 6. The van der Waals surface area contributed by atoms with Crippen LogP contribution in [-0.2, 0) is 4.79 Å². The quantitative estimate of drug-likeness (QED) is 0.826. The van der Waals surface area contributed by atoms with Gasteiger partial charge < -0.3 is 15.3 Å². The van der Waals surface area contributed by atoms with E-state index in [9.17, 15) is 9.90 Å². The Morgan fingerprint density at radius 3 is 2.75 bits per heavy atom. The molecule has 1 amide bonds. The van der Waals surface area contributed by atoms with Crippen LogP contribution in [0.15, 0.2) is 30.3 Å². The molecule has 0 aromatic heterocycles. The molecule has 3 atom stereocenters. The summed E-state index contributed by atoms with van der Waals surface area (Å²) < 4.78 is 0. The van der Waals surface area contributed by atoms with Crippen molar-refractivity contribution in [3.05, 3.63) is 30.3 Å². The molecule has 1 aromatic rings. The lowest BCUT2D eigenvalue weighted by molar-refractivity contribution is -0.122. The molecule has 132 valence electrons. The lowest BCUT2D eigenvalue weighted by Gasteiger charge is -2.19. The smallest absolute Gasteiger partial charge is 0.234 e. The molecule has 2 saturated heterocycles. The van der Waals surface area contributed by atoms with Crippen molar-refractivity contribution in [2.24, 2.45) is 11.8 Å². The van der Waals surface area contributed by atoms with E-state index in [1.807, 2.05) is 13.0 Å². The number of benzene rings is 1. The number of aliphatic hydroxyl groups is 1. The molecule has 24 heavy (non-hydrogen) atoms. The Kier molecular flexibility index (Phi) is 5.74. The molecular formula is C19H29N3O2. The SMILES string of the molecule is CC(O)C1CCN(CC(=O)NCC2CCN(c3ccccc3)C2)C1. The second-order valence-corrected chi connectivity index (χ2v) is 7.26. The molecule has 2 heterocycles. The maximum absolute atomic E-state index is 12.2. The number of para-hydroxylation sites is 1. The van der Waals surface area contributed by atoms with E-state index in [2.05, 4.69) is 39.4 Å². The van der Waals surface area contributed by atoms with Crippen LogP contribution in [0.2, 0.25) is 0 Å². The number of anilines is 1. The normalized spacial score (nSPS) is 25.8. The standard InChI is InChI=1S/C19H29N3O2/c1-15(23)17-8-9-21(13-17)14-19(24)20-11-16-7-10-22(12-16)18-5-3-2-4-6-18/h2-6,15-17,23H,7-14H2,1H3,(H,20,24). The fourth-order valence-corrected chi connectivity index (χ4v) is 3.79. The molecule has 0 radical (unpaired) electrons. The molecule has 2 aliphatic rings. The third-order valence-electron chi connectivity index (χ3n) is 5.35. The highest BCUT2D eigenvalue weighted by atomic mass is 16.3. The van der Waals surface area contributed by atoms with Gasteiger partial charge >= 0.3 is 0 Å². The first kappa shape index (κ1) is 17.2. The third-order valence-corrected chi connectivity index (χ3v) is 5.35. The van der Waals surface area contributed by atoms with Crippen molar-refractivity contribution in [2.45, 2.75) is 25.9 Å². The van der Waals surface area contributed by atoms with Crippen LogP contribution in [0.3, 0.4) is 0 Å². The van der Waals surface area contributed by atoms with Crippen molar-refractivity contribution >= 4 is 11.6 Å². The van der Waals surface area contributed by atoms with Crippen LogP contribution in [0, 0.1) is 11.8 Å². The van der Waals surface area contributed by atoms with Gasteiger partial charge in [-0.3, -0.25) is 9.69 Å². The highest BCUT2D eigenvalue weighted by molar-refractivity contribution is 5.78. The zero-order valence-electron chi connectivity index (χ0n) is 14.5. The van der Waals surface area contributed by atoms with Gasteiger partial charge in [-0.25, -0.2) is 0 Å². The van der Waals surface area contributed by atoms with Crippen molar-refractivity contribution in [2.75, 3.05) is 44.2 Å². The van der Waals surface area contributed by atoms with Gasteiger partial charge in [0, 0.05) is 31.9 Å². The van der Waals surface area contributed by atoms with Gasteiger partial charge in [-0.1, -0.05) is 18.2 Å². The number of amides is 1. The van der Waals surface area contributed by atoms with E-state index in [1.54, 1.807) is 0 Å². The summed E-state index contributed by atoms with van der Waals surface area (Å²) in [6.45, 7) is 6.87. The number of aliphatic hydroxyl groups excluding tert-OH is 1. The fourth-order valence-electron chi connectivity index (χ4n) is 3.79. The van der Waals surface area contributed by atoms with E-state index in [0.29, 0.717) is 18.4 Å². The monoisotopic (exact) mass is 331 g/mol. The number of carbonyl (C=O) groups excluding carboxylic acids is 1. The van der Waals surface area contributed by atoms with E-state index in [4.69, 9.17) is 0 Å². The Hall–Kier alpha value is -1.59. The summed E-state index contributed by atoms with van der Waals surface area (Å²) >= 11 is 0. The van der Waals surface area contributed by atoms with Gasteiger partial charge in [-0.15, -0.1) is 0 Å².